The molecule has 0 fully saturated rings. The second kappa shape index (κ2) is 9.37. The minimum atomic E-state index is -3.56. The summed E-state index contributed by atoms with van der Waals surface area (Å²) in [6.07, 6.45) is 2.89. The Hall–Kier alpha value is -1.86. The third-order valence-electron chi connectivity index (χ3n) is 4.75. The first-order valence-corrected chi connectivity index (χ1v) is 11.2. The summed E-state index contributed by atoms with van der Waals surface area (Å²) in [6.45, 7) is 9.89. The Labute approximate surface area is 162 Å². The van der Waals surface area contributed by atoms with Gasteiger partial charge in [0.05, 0.1) is 4.90 Å². The first kappa shape index (κ1) is 21.4. The van der Waals surface area contributed by atoms with E-state index in [9.17, 15) is 13.2 Å². The molecule has 150 valence electrons. The number of rotatable bonds is 10. The number of carbonyl (C=O) groups excluding carboxylic acids is 1. The summed E-state index contributed by atoms with van der Waals surface area (Å²) in [5.74, 6) is 0.0499. The quantitative estimate of drug-likeness (QED) is 0.569. The van der Waals surface area contributed by atoms with Crippen LogP contribution in [0.25, 0.3) is 11.0 Å². The first-order chi connectivity index (χ1) is 12.9. The van der Waals surface area contributed by atoms with Crippen molar-refractivity contribution in [1.29, 1.82) is 0 Å². The topological polar surface area (TPSA) is 70.8 Å². The van der Waals surface area contributed by atoms with Crippen LogP contribution in [0.5, 0.6) is 0 Å². The molecule has 1 amide bonds. The van der Waals surface area contributed by atoms with E-state index in [0.717, 1.165) is 19.3 Å². The lowest BCUT2D eigenvalue weighted by Crippen LogP contribution is -2.31. The van der Waals surface area contributed by atoms with Crippen molar-refractivity contribution >= 4 is 26.9 Å². The van der Waals surface area contributed by atoms with E-state index in [0.29, 0.717) is 37.1 Å². The van der Waals surface area contributed by atoms with E-state index in [1.807, 2.05) is 20.8 Å². The summed E-state index contributed by atoms with van der Waals surface area (Å²) >= 11 is 0. The summed E-state index contributed by atoms with van der Waals surface area (Å²) in [5.41, 5.74) is 0.512. The number of benzene rings is 1. The standard InChI is InChI=1S/C20H30N2O4S/c1-5-9-10-13-22(8-4)27(24,25)17-11-12-18-16(14-17)15-19(26-18)20(23)21(6-2)7-3/h11-12,14-15H,5-10,13H2,1-4H3. The van der Waals surface area contributed by atoms with Crippen LogP contribution in [0.15, 0.2) is 33.6 Å². The van der Waals surface area contributed by atoms with Gasteiger partial charge in [0.2, 0.25) is 10.0 Å². The maximum Gasteiger partial charge on any atom is 0.289 e. The average Bonchev–Trinajstić information content (AvgIpc) is 3.09. The van der Waals surface area contributed by atoms with E-state index in [1.165, 1.54) is 4.31 Å². The molecule has 1 aromatic heterocycles. The molecule has 0 unspecified atom stereocenters. The summed E-state index contributed by atoms with van der Waals surface area (Å²) in [7, 11) is -3.56. The van der Waals surface area contributed by atoms with Crippen LogP contribution in [0.2, 0.25) is 0 Å². The highest BCUT2D eigenvalue weighted by molar-refractivity contribution is 7.89. The molecule has 0 aliphatic carbocycles. The van der Waals surface area contributed by atoms with Crippen LogP contribution in [0.4, 0.5) is 0 Å². The Morgan fingerprint density at radius 2 is 1.70 bits per heavy atom. The predicted octanol–water partition coefficient (Wildman–Crippen LogP) is 4.12. The summed E-state index contributed by atoms with van der Waals surface area (Å²) in [4.78, 5) is 14.4. The van der Waals surface area contributed by atoms with Gasteiger partial charge in [-0.1, -0.05) is 26.7 Å². The molecule has 2 aromatic rings. The molecule has 2 rings (SSSR count). The fourth-order valence-electron chi connectivity index (χ4n) is 3.09. The molecule has 7 heteroatoms. The molecule has 27 heavy (non-hydrogen) atoms. The first-order valence-electron chi connectivity index (χ1n) is 9.71. The van der Waals surface area contributed by atoms with Crippen molar-refractivity contribution in [2.24, 2.45) is 0 Å². The Morgan fingerprint density at radius 1 is 1.00 bits per heavy atom. The zero-order valence-electron chi connectivity index (χ0n) is 16.7. The van der Waals surface area contributed by atoms with Crippen molar-refractivity contribution < 1.29 is 17.6 Å². The minimum Gasteiger partial charge on any atom is -0.451 e. The monoisotopic (exact) mass is 394 g/mol. The van der Waals surface area contributed by atoms with Gasteiger partial charge in [-0.05, 0) is 44.5 Å². The molecule has 1 heterocycles. The molecule has 0 saturated carbocycles. The van der Waals surface area contributed by atoms with Crippen molar-refractivity contribution in [1.82, 2.24) is 9.21 Å². The summed E-state index contributed by atoms with van der Waals surface area (Å²) in [5, 5.41) is 0.621. The normalized spacial score (nSPS) is 12.0. The number of sulfonamides is 1. The zero-order chi connectivity index (χ0) is 20.0. The smallest absolute Gasteiger partial charge is 0.289 e. The third kappa shape index (κ3) is 4.71. The molecule has 0 spiro atoms. The van der Waals surface area contributed by atoms with Gasteiger partial charge < -0.3 is 9.32 Å². The largest absolute Gasteiger partial charge is 0.451 e. The van der Waals surface area contributed by atoms with Crippen molar-refractivity contribution in [3.8, 4) is 0 Å². The number of hydrogen-bond acceptors (Lipinski definition) is 4. The molecular weight excluding hydrogens is 364 g/mol. The Kier molecular flexibility index (Phi) is 7.44. The second-order valence-corrected chi connectivity index (χ2v) is 8.43. The lowest BCUT2D eigenvalue weighted by atomic mass is 10.2. The molecule has 1 aromatic carbocycles. The highest BCUT2D eigenvalue weighted by Gasteiger charge is 2.24. The maximum atomic E-state index is 13.0. The van der Waals surface area contributed by atoms with Gasteiger partial charge in [-0.2, -0.15) is 4.31 Å². The SMILES string of the molecule is CCCCCN(CC)S(=O)(=O)c1ccc2oc(C(=O)N(CC)CC)cc2c1. The van der Waals surface area contributed by atoms with Crippen molar-refractivity contribution in [2.75, 3.05) is 26.2 Å². The molecule has 0 atom stereocenters. The summed E-state index contributed by atoms with van der Waals surface area (Å²) in [6, 6.07) is 6.40. The van der Waals surface area contributed by atoms with Gasteiger partial charge >= 0.3 is 0 Å². The van der Waals surface area contributed by atoms with E-state index in [1.54, 1.807) is 29.2 Å². The van der Waals surface area contributed by atoms with E-state index in [4.69, 9.17) is 4.42 Å². The Balaban J connectivity index is 2.33. The highest BCUT2D eigenvalue weighted by atomic mass is 32.2. The van der Waals surface area contributed by atoms with Crippen LogP contribution in [0.3, 0.4) is 0 Å². The van der Waals surface area contributed by atoms with Crippen LogP contribution >= 0.6 is 0 Å². The van der Waals surface area contributed by atoms with Gasteiger partial charge in [-0.25, -0.2) is 8.42 Å². The third-order valence-corrected chi connectivity index (χ3v) is 6.72. The van der Waals surface area contributed by atoms with E-state index < -0.39 is 10.0 Å². The molecule has 0 saturated heterocycles. The number of carbonyl (C=O) groups is 1. The van der Waals surface area contributed by atoms with Crippen LogP contribution in [0.1, 0.15) is 57.5 Å². The number of hydrogen-bond donors (Lipinski definition) is 0. The average molecular weight is 395 g/mol. The van der Waals surface area contributed by atoms with Gasteiger partial charge in [0, 0.05) is 31.6 Å². The van der Waals surface area contributed by atoms with E-state index in [2.05, 4.69) is 6.92 Å². The molecule has 0 radical (unpaired) electrons. The van der Waals surface area contributed by atoms with Gasteiger partial charge in [-0.3, -0.25) is 4.79 Å². The number of amides is 1. The van der Waals surface area contributed by atoms with Crippen LogP contribution in [-0.4, -0.2) is 49.7 Å². The van der Waals surface area contributed by atoms with Gasteiger partial charge in [-0.15, -0.1) is 0 Å². The number of fused-ring (bicyclic) bond motifs is 1. The number of nitrogens with zero attached hydrogens (tertiary/aromatic N) is 2. The second-order valence-electron chi connectivity index (χ2n) is 6.49. The van der Waals surface area contributed by atoms with E-state index >= 15 is 0 Å². The van der Waals surface area contributed by atoms with Gasteiger partial charge in [0.15, 0.2) is 5.76 Å². The Bertz CT molecular complexity index is 869. The molecule has 0 aliphatic heterocycles. The number of furan rings is 1. The molecular formula is C20H30N2O4S. The highest BCUT2D eigenvalue weighted by Crippen LogP contribution is 2.25. The molecule has 0 aliphatic rings. The predicted molar refractivity (Wildman–Crippen MR) is 107 cm³/mol. The number of unbranched alkanes of at least 4 members (excludes halogenated alkanes) is 2. The fourth-order valence-corrected chi connectivity index (χ4v) is 4.61. The van der Waals surface area contributed by atoms with Crippen molar-refractivity contribution in [2.45, 2.75) is 51.9 Å². The molecule has 6 nitrogen and oxygen atoms in total. The zero-order valence-corrected chi connectivity index (χ0v) is 17.5. The van der Waals surface area contributed by atoms with E-state index in [-0.39, 0.29) is 16.6 Å². The Morgan fingerprint density at radius 3 is 2.30 bits per heavy atom. The van der Waals surface area contributed by atoms with Crippen LogP contribution in [-0.2, 0) is 10.0 Å². The van der Waals surface area contributed by atoms with Gasteiger partial charge in [0.1, 0.15) is 5.58 Å². The van der Waals surface area contributed by atoms with Crippen LogP contribution in [0, 0.1) is 0 Å². The van der Waals surface area contributed by atoms with Crippen molar-refractivity contribution in [3.05, 3.63) is 30.0 Å². The molecule has 0 N–H and O–H groups in total. The summed E-state index contributed by atoms with van der Waals surface area (Å²) < 4.78 is 33.1. The lowest BCUT2D eigenvalue weighted by molar-refractivity contribution is 0.0743. The van der Waals surface area contributed by atoms with Gasteiger partial charge in [0.25, 0.3) is 5.91 Å². The minimum absolute atomic E-state index is 0.185. The molecule has 0 bridgehead atoms. The fraction of sp³-hybridized carbons (Fsp3) is 0.550. The van der Waals surface area contributed by atoms with Crippen molar-refractivity contribution in [3.63, 3.8) is 0 Å². The van der Waals surface area contributed by atoms with Crippen LogP contribution < -0.4 is 0 Å². The lowest BCUT2D eigenvalue weighted by Gasteiger charge is -2.20. The maximum absolute atomic E-state index is 13.0.